The zero-order chi connectivity index (χ0) is 12.2. The molecule has 1 rings (SSSR count). The Kier molecular flexibility index (Phi) is 4.48. The van der Waals surface area contributed by atoms with E-state index in [1.807, 2.05) is 6.92 Å². The van der Waals surface area contributed by atoms with Gasteiger partial charge in [0, 0.05) is 31.2 Å². The third-order valence-electron chi connectivity index (χ3n) is 1.83. The molecule has 1 aromatic rings. The van der Waals surface area contributed by atoms with Crippen molar-refractivity contribution in [3.8, 4) is 0 Å². The molecule has 0 aliphatic rings. The van der Waals surface area contributed by atoms with E-state index < -0.39 is 12.0 Å². The fourth-order valence-corrected chi connectivity index (χ4v) is 1.93. The van der Waals surface area contributed by atoms with Gasteiger partial charge < -0.3 is 10.6 Å². The van der Waals surface area contributed by atoms with E-state index in [0.717, 1.165) is 18.0 Å². The van der Waals surface area contributed by atoms with Crippen LogP contribution in [0.4, 0.5) is 18.3 Å². The highest BCUT2D eigenvalue weighted by Gasteiger charge is 2.36. The van der Waals surface area contributed by atoms with E-state index in [0.29, 0.717) is 19.6 Å². The van der Waals surface area contributed by atoms with Crippen LogP contribution in [0.5, 0.6) is 0 Å². The van der Waals surface area contributed by atoms with Crippen LogP contribution in [0.15, 0.2) is 0 Å². The summed E-state index contributed by atoms with van der Waals surface area (Å²) in [6.07, 6.45) is -3.66. The highest BCUT2D eigenvalue weighted by molar-refractivity contribution is 7.09. The number of hydrogen-bond acceptors (Lipinski definition) is 5. The van der Waals surface area contributed by atoms with Crippen molar-refractivity contribution in [3.05, 3.63) is 5.82 Å². The van der Waals surface area contributed by atoms with Crippen molar-refractivity contribution in [1.29, 1.82) is 0 Å². The molecule has 1 heterocycles. The Hall–Kier alpha value is -0.890. The van der Waals surface area contributed by atoms with Crippen molar-refractivity contribution < 1.29 is 13.2 Å². The smallest absolute Gasteiger partial charge is 0.346 e. The van der Waals surface area contributed by atoms with Gasteiger partial charge in [-0.25, -0.2) is 0 Å². The molecule has 0 spiro atoms. The number of hydrogen-bond donors (Lipinski definition) is 1. The van der Waals surface area contributed by atoms with E-state index >= 15 is 0 Å². The normalized spacial score (nSPS) is 11.8. The van der Waals surface area contributed by atoms with Crippen LogP contribution in [0.3, 0.4) is 0 Å². The second-order valence-electron chi connectivity index (χ2n) is 3.17. The minimum absolute atomic E-state index is 0.277. The molecule has 0 aromatic carbocycles. The number of halogens is 3. The Morgan fingerprint density at radius 2 is 2.06 bits per heavy atom. The topological polar surface area (TPSA) is 55.0 Å². The molecule has 8 heteroatoms. The second-order valence-corrected chi connectivity index (χ2v) is 3.90. The molecule has 0 aliphatic heterocycles. The molecule has 16 heavy (non-hydrogen) atoms. The van der Waals surface area contributed by atoms with Gasteiger partial charge in [0.15, 0.2) is 0 Å². The third-order valence-corrected chi connectivity index (χ3v) is 2.61. The molecule has 0 amide bonds. The van der Waals surface area contributed by atoms with E-state index in [2.05, 4.69) is 9.36 Å². The Morgan fingerprint density at radius 1 is 1.38 bits per heavy atom. The van der Waals surface area contributed by atoms with Gasteiger partial charge >= 0.3 is 6.18 Å². The van der Waals surface area contributed by atoms with Crippen LogP contribution in [0, 0.1) is 0 Å². The molecule has 4 nitrogen and oxygen atoms in total. The van der Waals surface area contributed by atoms with Crippen molar-refractivity contribution in [1.82, 2.24) is 9.36 Å². The number of nitrogens with two attached hydrogens (primary N) is 1. The van der Waals surface area contributed by atoms with Crippen molar-refractivity contribution in [2.24, 2.45) is 5.73 Å². The molecule has 0 saturated carbocycles. The SMILES string of the molecule is CCCN(CCN)c1nc(C(F)(F)F)ns1. The van der Waals surface area contributed by atoms with Crippen LogP contribution < -0.4 is 10.6 Å². The van der Waals surface area contributed by atoms with Crippen LogP contribution in [-0.4, -0.2) is 29.0 Å². The third kappa shape index (κ3) is 3.31. The van der Waals surface area contributed by atoms with Gasteiger partial charge in [0.2, 0.25) is 11.0 Å². The van der Waals surface area contributed by atoms with Crippen LogP contribution in [0.1, 0.15) is 19.2 Å². The van der Waals surface area contributed by atoms with E-state index in [1.165, 1.54) is 0 Å². The summed E-state index contributed by atoms with van der Waals surface area (Å²) in [4.78, 5) is 5.19. The van der Waals surface area contributed by atoms with Crippen LogP contribution in [-0.2, 0) is 6.18 Å². The van der Waals surface area contributed by atoms with Gasteiger partial charge in [-0.3, -0.25) is 0 Å². The van der Waals surface area contributed by atoms with Crippen molar-refractivity contribution in [2.45, 2.75) is 19.5 Å². The number of aromatic nitrogens is 2. The number of alkyl halides is 3. The van der Waals surface area contributed by atoms with E-state index in [4.69, 9.17) is 5.73 Å². The molecule has 0 aliphatic carbocycles. The quantitative estimate of drug-likeness (QED) is 0.869. The molecule has 0 saturated heterocycles. The number of nitrogens with zero attached hydrogens (tertiary/aromatic N) is 3. The molecule has 0 radical (unpaired) electrons. The summed E-state index contributed by atoms with van der Waals surface area (Å²) >= 11 is 0.754. The average molecular weight is 254 g/mol. The first-order valence-corrected chi connectivity index (χ1v) is 5.62. The zero-order valence-corrected chi connectivity index (χ0v) is 9.61. The van der Waals surface area contributed by atoms with Gasteiger partial charge in [0.25, 0.3) is 0 Å². The fourth-order valence-electron chi connectivity index (χ4n) is 1.19. The lowest BCUT2D eigenvalue weighted by Gasteiger charge is -2.19. The van der Waals surface area contributed by atoms with Crippen LogP contribution >= 0.6 is 11.5 Å². The highest BCUT2D eigenvalue weighted by Crippen LogP contribution is 2.30. The van der Waals surface area contributed by atoms with Crippen LogP contribution in [0.25, 0.3) is 0 Å². The lowest BCUT2D eigenvalue weighted by Crippen LogP contribution is -2.30. The van der Waals surface area contributed by atoms with E-state index in [-0.39, 0.29) is 5.13 Å². The van der Waals surface area contributed by atoms with Gasteiger partial charge in [0.1, 0.15) is 0 Å². The predicted molar refractivity (Wildman–Crippen MR) is 56.5 cm³/mol. The zero-order valence-electron chi connectivity index (χ0n) is 8.79. The maximum Gasteiger partial charge on any atom is 0.452 e. The molecule has 0 atom stereocenters. The van der Waals surface area contributed by atoms with Gasteiger partial charge in [-0.05, 0) is 6.42 Å². The first kappa shape index (κ1) is 13.2. The molecular formula is C8H13F3N4S. The summed E-state index contributed by atoms with van der Waals surface area (Å²) < 4.78 is 40.1. The van der Waals surface area contributed by atoms with E-state index in [1.54, 1.807) is 4.90 Å². The molecular weight excluding hydrogens is 241 g/mol. The summed E-state index contributed by atoms with van der Waals surface area (Å²) in [6, 6.07) is 0. The number of anilines is 1. The monoisotopic (exact) mass is 254 g/mol. The molecule has 0 bridgehead atoms. The fraction of sp³-hybridized carbons (Fsp3) is 0.750. The lowest BCUT2D eigenvalue weighted by atomic mass is 10.4. The van der Waals surface area contributed by atoms with Crippen molar-refractivity contribution >= 4 is 16.7 Å². The summed E-state index contributed by atoms with van der Waals surface area (Å²) in [5.74, 6) is -1.08. The van der Waals surface area contributed by atoms with Gasteiger partial charge in [-0.15, -0.1) is 0 Å². The van der Waals surface area contributed by atoms with Gasteiger partial charge in [-0.2, -0.15) is 22.5 Å². The van der Waals surface area contributed by atoms with Gasteiger partial charge in [-0.1, -0.05) is 6.92 Å². The minimum Gasteiger partial charge on any atom is -0.346 e. The molecule has 0 fully saturated rings. The molecule has 0 unspecified atom stereocenters. The Bertz CT molecular complexity index is 319. The number of rotatable bonds is 5. The molecule has 92 valence electrons. The van der Waals surface area contributed by atoms with Crippen LogP contribution in [0.2, 0.25) is 0 Å². The molecule has 2 N–H and O–H groups in total. The second kappa shape index (κ2) is 5.44. The highest BCUT2D eigenvalue weighted by atomic mass is 32.1. The van der Waals surface area contributed by atoms with Crippen molar-refractivity contribution in [3.63, 3.8) is 0 Å². The van der Waals surface area contributed by atoms with Gasteiger partial charge in [0.05, 0.1) is 0 Å². The summed E-state index contributed by atoms with van der Waals surface area (Å²) in [5.41, 5.74) is 5.38. The Labute approximate surface area is 95.4 Å². The van der Waals surface area contributed by atoms with Crippen molar-refractivity contribution in [2.75, 3.05) is 24.5 Å². The van der Waals surface area contributed by atoms with E-state index in [9.17, 15) is 13.2 Å². The average Bonchev–Trinajstić information content (AvgIpc) is 2.65. The molecule has 1 aromatic heterocycles. The maximum atomic E-state index is 12.3. The summed E-state index contributed by atoms with van der Waals surface area (Å²) in [6.45, 7) is 3.43. The first-order valence-electron chi connectivity index (χ1n) is 4.85. The summed E-state index contributed by atoms with van der Waals surface area (Å²) in [5, 5.41) is 0.277. The first-order chi connectivity index (χ1) is 7.49. The largest absolute Gasteiger partial charge is 0.452 e. The lowest BCUT2D eigenvalue weighted by molar-refractivity contribution is -0.144. The maximum absolute atomic E-state index is 12.3. The Balaban J connectivity index is 2.81. The standard InChI is InChI=1S/C8H13F3N4S/c1-2-4-15(5-3-12)7-13-6(14-16-7)8(9,10)11/h2-5,12H2,1H3. The summed E-state index contributed by atoms with van der Waals surface area (Å²) in [7, 11) is 0. The predicted octanol–water partition coefficient (Wildman–Crippen LogP) is 1.73. The Morgan fingerprint density at radius 3 is 2.50 bits per heavy atom. The minimum atomic E-state index is -4.48.